The number of hydrogen-bond donors (Lipinski definition) is 1. The predicted octanol–water partition coefficient (Wildman–Crippen LogP) is 0.822. The zero-order chi connectivity index (χ0) is 13.5. The second-order valence-electron chi connectivity index (χ2n) is 5.02. The summed E-state index contributed by atoms with van der Waals surface area (Å²) in [6.07, 6.45) is 9.54. The van der Waals surface area contributed by atoms with Gasteiger partial charge >= 0.3 is 0 Å². The summed E-state index contributed by atoms with van der Waals surface area (Å²) in [4.78, 5) is 14.1. The fourth-order valence-electron chi connectivity index (χ4n) is 2.72. The largest absolute Gasteiger partial charge is 0.395 e. The lowest BCUT2D eigenvalue weighted by Gasteiger charge is -2.34. The molecule has 0 atom stereocenters. The van der Waals surface area contributed by atoms with Crippen LogP contribution in [0.2, 0.25) is 0 Å². The maximum Gasteiger partial charge on any atom is 0.224 e. The van der Waals surface area contributed by atoms with Gasteiger partial charge in [-0.15, -0.1) is 5.10 Å². The van der Waals surface area contributed by atoms with Crippen molar-refractivity contribution in [3.05, 3.63) is 12.4 Å². The third kappa shape index (κ3) is 4.02. The Morgan fingerprint density at radius 2 is 2.16 bits per heavy atom. The molecule has 0 spiro atoms. The zero-order valence-corrected chi connectivity index (χ0v) is 11.2. The summed E-state index contributed by atoms with van der Waals surface area (Å²) in [6, 6.07) is 0.309. The third-order valence-electron chi connectivity index (χ3n) is 3.70. The van der Waals surface area contributed by atoms with Crippen molar-refractivity contribution in [3.8, 4) is 0 Å². The summed E-state index contributed by atoms with van der Waals surface area (Å²) in [5.41, 5.74) is 0. The lowest BCUT2D eigenvalue weighted by atomic mass is 9.94. The number of carbonyl (C=O) groups is 1. The average molecular weight is 266 g/mol. The Bertz CT molecular complexity index is 374. The molecule has 1 aromatic rings. The first kappa shape index (κ1) is 14.0. The van der Waals surface area contributed by atoms with Crippen LogP contribution >= 0.6 is 0 Å². The summed E-state index contributed by atoms with van der Waals surface area (Å²) in [5, 5.41) is 16.7. The lowest BCUT2D eigenvalue weighted by molar-refractivity contribution is -0.135. The lowest BCUT2D eigenvalue weighted by Crippen LogP contribution is -2.43. The minimum atomic E-state index is 0.0333. The van der Waals surface area contributed by atoms with E-state index in [1.807, 2.05) is 4.90 Å². The molecule has 1 amide bonds. The van der Waals surface area contributed by atoms with Gasteiger partial charge in [0.05, 0.1) is 19.3 Å². The Hall–Kier alpha value is -1.43. The monoisotopic (exact) mass is 266 g/mol. The molecule has 0 saturated heterocycles. The van der Waals surface area contributed by atoms with Crippen molar-refractivity contribution in [1.29, 1.82) is 0 Å². The highest BCUT2D eigenvalue weighted by molar-refractivity contribution is 5.76. The molecule has 2 rings (SSSR count). The molecule has 0 bridgehead atoms. The molecule has 1 heterocycles. The summed E-state index contributed by atoms with van der Waals surface area (Å²) >= 11 is 0. The number of carbonyl (C=O) groups excluding carboxylic acids is 1. The van der Waals surface area contributed by atoms with E-state index in [1.54, 1.807) is 17.1 Å². The molecule has 1 N–H and O–H groups in total. The quantitative estimate of drug-likeness (QED) is 0.827. The molecule has 1 fully saturated rings. The predicted molar refractivity (Wildman–Crippen MR) is 70.3 cm³/mol. The van der Waals surface area contributed by atoms with Gasteiger partial charge < -0.3 is 10.0 Å². The van der Waals surface area contributed by atoms with Gasteiger partial charge in [0.15, 0.2) is 0 Å². The van der Waals surface area contributed by atoms with Gasteiger partial charge in [-0.05, 0) is 12.8 Å². The smallest absolute Gasteiger partial charge is 0.224 e. The van der Waals surface area contributed by atoms with Gasteiger partial charge in [-0.1, -0.05) is 24.5 Å². The van der Waals surface area contributed by atoms with Crippen LogP contribution in [0.5, 0.6) is 0 Å². The molecule has 1 saturated carbocycles. The van der Waals surface area contributed by atoms with Gasteiger partial charge in [0.1, 0.15) is 0 Å². The van der Waals surface area contributed by atoms with Gasteiger partial charge in [0.25, 0.3) is 0 Å². The number of hydrogen-bond acceptors (Lipinski definition) is 4. The van der Waals surface area contributed by atoms with Crippen molar-refractivity contribution in [3.63, 3.8) is 0 Å². The Labute approximate surface area is 113 Å². The van der Waals surface area contributed by atoms with Crippen LogP contribution in [-0.2, 0) is 11.3 Å². The highest BCUT2D eigenvalue weighted by Crippen LogP contribution is 2.23. The van der Waals surface area contributed by atoms with Crippen molar-refractivity contribution in [2.75, 3.05) is 13.2 Å². The average Bonchev–Trinajstić information content (AvgIpc) is 2.96. The number of aliphatic hydroxyl groups excluding tert-OH is 1. The Morgan fingerprint density at radius 1 is 1.37 bits per heavy atom. The molecule has 0 aromatic carbocycles. The van der Waals surface area contributed by atoms with E-state index in [9.17, 15) is 4.79 Å². The van der Waals surface area contributed by atoms with E-state index in [1.165, 1.54) is 19.3 Å². The van der Waals surface area contributed by atoms with E-state index in [0.717, 1.165) is 12.8 Å². The normalized spacial score (nSPS) is 16.5. The van der Waals surface area contributed by atoms with Crippen molar-refractivity contribution in [2.24, 2.45) is 0 Å². The van der Waals surface area contributed by atoms with E-state index >= 15 is 0 Å². The second kappa shape index (κ2) is 7.23. The number of aryl methyl sites for hydroxylation is 1. The topological polar surface area (TPSA) is 71.2 Å². The van der Waals surface area contributed by atoms with Crippen LogP contribution < -0.4 is 0 Å². The molecular weight excluding hydrogens is 244 g/mol. The van der Waals surface area contributed by atoms with E-state index in [0.29, 0.717) is 25.6 Å². The van der Waals surface area contributed by atoms with Crippen LogP contribution in [0, 0.1) is 0 Å². The summed E-state index contributed by atoms with van der Waals surface area (Å²) in [5.74, 6) is 0.108. The van der Waals surface area contributed by atoms with Crippen molar-refractivity contribution >= 4 is 5.91 Å². The number of nitrogens with zero attached hydrogens (tertiary/aromatic N) is 4. The fraction of sp³-hybridized carbons (Fsp3) is 0.769. The van der Waals surface area contributed by atoms with Crippen molar-refractivity contribution in [2.45, 2.75) is 51.1 Å². The molecule has 6 nitrogen and oxygen atoms in total. The highest BCUT2D eigenvalue weighted by Gasteiger charge is 2.24. The first-order valence-corrected chi connectivity index (χ1v) is 7.05. The first-order valence-electron chi connectivity index (χ1n) is 7.05. The van der Waals surface area contributed by atoms with Gasteiger partial charge in [-0.3, -0.25) is 9.48 Å². The number of aliphatic hydroxyl groups is 1. The fourth-order valence-corrected chi connectivity index (χ4v) is 2.72. The Morgan fingerprint density at radius 3 is 2.79 bits per heavy atom. The van der Waals surface area contributed by atoms with Crippen LogP contribution in [0.15, 0.2) is 12.4 Å². The van der Waals surface area contributed by atoms with Crippen LogP contribution in [-0.4, -0.2) is 50.1 Å². The molecule has 0 unspecified atom stereocenters. The molecule has 1 aliphatic carbocycles. The van der Waals surface area contributed by atoms with Crippen LogP contribution in [0.3, 0.4) is 0 Å². The van der Waals surface area contributed by atoms with E-state index < -0.39 is 0 Å². The van der Waals surface area contributed by atoms with E-state index in [2.05, 4.69) is 10.3 Å². The first-order chi connectivity index (χ1) is 9.31. The molecule has 1 aromatic heterocycles. The van der Waals surface area contributed by atoms with Crippen molar-refractivity contribution in [1.82, 2.24) is 19.9 Å². The van der Waals surface area contributed by atoms with Gasteiger partial charge in [-0.25, -0.2) is 0 Å². The minimum Gasteiger partial charge on any atom is -0.395 e. The van der Waals surface area contributed by atoms with E-state index in [-0.39, 0.29) is 12.5 Å². The maximum atomic E-state index is 12.3. The molecule has 19 heavy (non-hydrogen) atoms. The van der Waals surface area contributed by atoms with Crippen LogP contribution in [0.25, 0.3) is 0 Å². The molecule has 0 radical (unpaired) electrons. The SMILES string of the molecule is O=C(CCn1ccnn1)N(CCO)C1CCCCC1. The standard InChI is InChI=1S/C13H22N4O2/c18-11-10-17(12-4-2-1-3-5-12)13(19)6-8-16-9-7-14-15-16/h7,9,12,18H,1-6,8,10-11H2. The molecule has 106 valence electrons. The molecule has 6 heteroatoms. The van der Waals surface area contributed by atoms with E-state index in [4.69, 9.17) is 5.11 Å². The Kier molecular flexibility index (Phi) is 5.32. The van der Waals surface area contributed by atoms with Crippen molar-refractivity contribution < 1.29 is 9.90 Å². The summed E-state index contributed by atoms with van der Waals surface area (Å²) in [6.45, 7) is 1.03. The molecule has 0 aliphatic heterocycles. The highest BCUT2D eigenvalue weighted by atomic mass is 16.3. The summed E-state index contributed by atoms with van der Waals surface area (Å²) in [7, 11) is 0. The Balaban J connectivity index is 1.87. The molecular formula is C13H22N4O2. The number of amides is 1. The zero-order valence-electron chi connectivity index (χ0n) is 11.2. The third-order valence-corrected chi connectivity index (χ3v) is 3.70. The van der Waals surface area contributed by atoms with Gasteiger partial charge in [0, 0.05) is 25.2 Å². The number of rotatable bonds is 6. The minimum absolute atomic E-state index is 0.0333. The summed E-state index contributed by atoms with van der Waals surface area (Å²) < 4.78 is 1.66. The molecule has 1 aliphatic rings. The van der Waals surface area contributed by atoms with Gasteiger partial charge in [-0.2, -0.15) is 0 Å². The van der Waals surface area contributed by atoms with Gasteiger partial charge in [0.2, 0.25) is 5.91 Å². The number of aromatic nitrogens is 3. The van der Waals surface area contributed by atoms with Crippen LogP contribution in [0.1, 0.15) is 38.5 Å². The second-order valence-corrected chi connectivity index (χ2v) is 5.02. The maximum absolute atomic E-state index is 12.3. The van der Waals surface area contributed by atoms with Crippen LogP contribution in [0.4, 0.5) is 0 Å².